The zero-order valence-electron chi connectivity index (χ0n) is 15.2. The van der Waals surface area contributed by atoms with Gasteiger partial charge < -0.3 is 0 Å². The molecular formula is C22H16N4O2. The number of nitrogens with zero attached hydrogens (tertiary/aromatic N) is 4. The molecule has 0 aliphatic heterocycles. The Labute approximate surface area is 159 Å². The number of aryl methyl sites for hydroxylation is 1. The van der Waals surface area contributed by atoms with Gasteiger partial charge in [0.05, 0.1) is 29.5 Å². The first kappa shape index (κ1) is 16.4. The first-order chi connectivity index (χ1) is 13.6. The molecule has 0 saturated carbocycles. The standard InChI is InChI=1S/C22H16N4O2/c1-14-6-7-20-24-17(10-21(27)26(20)11-14)12-25-13-23-19-9-16-5-3-2-4-15(16)8-18(19)22(25)28/h2-11,13H,12H2,1H3. The van der Waals surface area contributed by atoms with Gasteiger partial charge in [-0.2, -0.15) is 0 Å². The molecular weight excluding hydrogens is 352 g/mol. The van der Waals surface area contributed by atoms with Crippen molar-refractivity contribution >= 4 is 27.3 Å². The van der Waals surface area contributed by atoms with Crippen LogP contribution >= 0.6 is 0 Å². The Bertz CT molecular complexity index is 1500. The third-order valence-corrected chi connectivity index (χ3v) is 4.88. The van der Waals surface area contributed by atoms with E-state index in [0.29, 0.717) is 22.2 Å². The van der Waals surface area contributed by atoms with Crippen molar-refractivity contribution in [2.24, 2.45) is 0 Å². The molecule has 136 valence electrons. The summed E-state index contributed by atoms with van der Waals surface area (Å²) >= 11 is 0. The molecule has 0 unspecified atom stereocenters. The molecule has 2 aromatic carbocycles. The van der Waals surface area contributed by atoms with Crippen molar-refractivity contribution in [3.63, 3.8) is 0 Å². The van der Waals surface area contributed by atoms with Gasteiger partial charge in [-0.1, -0.05) is 30.3 Å². The molecule has 0 atom stereocenters. The molecule has 0 N–H and O–H groups in total. The zero-order chi connectivity index (χ0) is 19.3. The van der Waals surface area contributed by atoms with Gasteiger partial charge in [-0.15, -0.1) is 0 Å². The summed E-state index contributed by atoms with van der Waals surface area (Å²) < 4.78 is 3.00. The van der Waals surface area contributed by atoms with E-state index in [1.54, 1.807) is 12.3 Å². The van der Waals surface area contributed by atoms with Crippen molar-refractivity contribution in [1.29, 1.82) is 0 Å². The molecule has 0 bridgehead atoms. The summed E-state index contributed by atoms with van der Waals surface area (Å²) in [4.78, 5) is 34.3. The van der Waals surface area contributed by atoms with Gasteiger partial charge in [-0.05, 0) is 41.5 Å². The van der Waals surface area contributed by atoms with Crippen LogP contribution in [0.4, 0.5) is 0 Å². The maximum atomic E-state index is 13.0. The Morgan fingerprint density at radius 3 is 2.57 bits per heavy atom. The summed E-state index contributed by atoms with van der Waals surface area (Å²) in [6.45, 7) is 2.11. The maximum Gasteiger partial charge on any atom is 0.261 e. The van der Waals surface area contributed by atoms with E-state index < -0.39 is 0 Å². The highest BCUT2D eigenvalue weighted by Crippen LogP contribution is 2.19. The van der Waals surface area contributed by atoms with Gasteiger partial charge in [0.2, 0.25) is 0 Å². The summed E-state index contributed by atoms with van der Waals surface area (Å²) in [6, 6.07) is 16.8. The minimum Gasteiger partial charge on any atom is -0.293 e. The summed E-state index contributed by atoms with van der Waals surface area (Å²) in [5.74, 6) is 0. The quantitative estimate of drug-likeness (QED) is 0.449. The second-order valence-electron chi connectivity index (χ2n) is 6.91. The predicted octanol–water partition coefficient (Wildman–Crippen LogP) is 2.91. The first-order valence-corrected chi connectivity index (χ1v) is 8.95. The minimum atomic E-state index is -0.170. The molecule has 0 aliphatic carbocycles. The predicted molar refractivity (Wildman–Crippen MR) is 109 cm³/mol. The molecule has 28 heavy (non-hydrogen) atoms. The Kier molecular flexibility index (Phi) is 3.58. The van der Waals surface area contributed by atoms with Crippen LogP contribution < -0.4 is 11.1 Å². The van der Waals surface area contributed by atoms with Crippen LogP contribution in [0.1, 0.15) is 11.3 Å². The highest BCUT2D eigenvalue weighted by atomic mass is 16.1. The van der Waals surface area contributed by atoms with E-state index in [0.717, 1.165) is 16.3 Å². The van der Waals surface area contributed by atoms with Crippen LogP contribution in [0.15, 0.2) is 76.7 Å². The molecule has 0 radical (unpaired) electrons. The lowest BCUT2D eigenvalue weighted by atomic mass is 10.1. The molecule has 6 nitrogen and oxygen atoms in total. The number of benzene rings is 2. The van der Waals surface area contributed by atoms with Gasteiger partial charge in [0.1, 0.15) is 5.65 Å². The number of fused-ring (bicyclic) bond motifs is 3. The second-order valence-corrected chi connectivity index (χ2v) is 6.91. The number of pyridine rings is 1. The third-order valence-electron chi connectivity index (χ3n) is 4.88. The number of rotatable bonds is 2. The molecule has 6 heteroatoms. The van der Waals surface area contributed by atoms with E-state index in [1.807, 2.05) is 49.4 Å². The lowest BCUT2D eigenvalue weighted by Crippen LogP contribution is -2.23. The molecule has 0 aliphatic rings. The zero-order valence-corrected chi connectivity index (χ0v) is 15.2. The fourth-order valence-electron chi connectivity index (χ4n) is 3.47. The van der Waals surface area contributed by atoms with Crippen LogP contribution in [0.3, 0.4) is 0 Å². The Balaban J connectivity index is 1.63. The number of hydrogen-bond acceptors (Lipinski definition) is 4. The topological polar surface area (TPSA) is 69.3 Å². The van der Waals surface area contributed by atoms with Crippen LogP contribution in [-0.2, 0) is 6.54 Å². The Hall–Kier alpha value is -3.80. The fraction of sp³-hybridized carbons (Fsp3) is 0.0909. The highest BCUT2D eigenvalue weighted by Gasteiger charge is 2.09. The number of hydrogen-bond donors (Lipinski definition) is 0. The smallest absolute Gasteiger partial charge is 0.261 e. The molecule has 0 fully saturated rings. The first-order valence-electron chi connectivity index (χ1n) is 8.95. The molecule has 3 aromatic heterocycles. The van der Waals surface area contributed by atoms with Crippen LogP contribution in [0, 0.1) is 6.92 Å². The van der Waals surface area contributed by atoms with E-state index in [9.17, 15) is 9.59 Å². The second kappa shape index (κ2) is 6.13. The summed E-state index contributed by atoms with van der Waals surface area (Å²) in [6.07, 6.45) is 3.27. The molecule has 3 heterocycles. The van der Waals surface area contributed by atoms with Crippen LogP contribution in [0.2, 0.25) is 0 Å². The SMILES string of the molecule is Cc1ccc2nc(Cn3cnc4cc5ccccc5cc4c3=O)cc(=O)n2c1. The fourth-order valence-corrected chi connectivity index (χ4v) is 3.47. The minimum absolute atomic E-state index is 0.151. The molecule has 5 aromatic rings. The van der Waals surface area contributed by atoms with Crippen LogP contribution in [-0.4, -0.2) is 18.9 Å². The van der Waals surface area contributed by atoms with Crippen molar-refractivity contribution in [2.75, 3.05) is 0 Å². The van der Waals surface area contributed by atoms with Crippen molar-refractivity contribution < 1.29 is 0 Å². The average molecular weight is 368 g/mol. The van der Waals surface area contributed by atoms with Gasteiger partial charge in [-0.3, -0.25) is 18.6 Å². The largest absolute Gasteiger partial charge is 0.293 e. The lowest BCUT2D eigenvalue weighted by molar-refractivity contribution is 0.727. The molecule has 5 rings (SSSR count). The van der Waals surface area contributed by atoms with Crippen LogP contribution in [0.5, 0.6) is 0 Å². The number of aromatic nitrogens is 4. The van der Waals surface area contributed by atoms with E-state index in [-0.39, 0.29) is 17.7 Å². The van der Waals surface area contributed by atoms with Crippen LogP contribution in [0.25, 0.3) is 27.3 Å². The van der Waals surface area contributed by atoms with E-state index in [4.69, 9.17) is 0 Å². The molecule has 0 spiro atoms. The van der Waals surface area contributed by atoms with Gasteiger partial charge in [-0.25, -0.2) is 9.97 Å². The van der Waals surface area contributed by atoms with Gasteiger partial charge in [0, 0.05) is 12.3 Å². The molecule has 0 amide bonds. The van der Waals surface area contributed by atoms with E-state index >= 15 is 0 Å². The summed E-state index contributed by atoms with van der Waals surface area (Å²) in [5.41, 5.74) is 2.39. The van der Waals surface area contributed by atoms with Crippen molar-refractivity contribution in [1.82, 2.24) is 18.9 Å². The summed E-state index contributed by atoms with van der Waals surface area (Å²) in [7, 11) is 0. The van der Waals surface area contributed by atoms with Gasteiger partial charge in [0.25, 0.3) is 11.1 Å². The summed E-state index contributed by atoms with van der Waals surface area (Å²) in [5, 5.41) is 2.58. The monoisotopic (exact) mass is 368 g/mol. The van der Waals surface area contributed by atoms with Crippen molar-refractivity contribution in [3.8, 4) is 0 Å². The van der Waals surface area contributed by atoms with Crippen molar-refractivity contribution in [2.45, 2.75) is 13.5 Å². The Morgan fingerprint density at radius 2 is 1.75 bits per heavy atom. The maximum absolute atomic E-state index is 13.0. The highest BCUT2D eigenvalue weighted by molar-refractivity contribution is 5.95. The van der Waals surface area contributed by atoms with E-state index in [1.165, 1.54) is 21.4 Å². The van der Waals surface area contributed by atoms with Gasteiger partial charge >= 0.3 is 0 Å². The Morgan fingerprint density at radius 1 is 0.964 bits per heavy atom. The van der Waals surface area contributed by atoms with Gasteiger partial charge in [0.15, 0.2) is 0 Å². The lowest BCUT2D eigenvalue weighted by Gasteiger charge is -2.08. The van der Waals surface area contributed by atoms with Crippen molar-refractivity contribution in [3.05, 3.63) is 99.1 Å². The normalized spacial score (nSPS) is 11.5. The average Bonchev–Trinajstić information content (AvgIpc) is 2.70. The van der Waals surface area contributed by atoms with E-state index in [2.05, 4.69) is 9.97 Å². The third kappa shape index (κ3) is 2.66. The molecule has 0 saturated heterocycles.